The van der Waals surface area contributed by atoms with Gasteiger partial charge >= 0.3 is 5.97 Å². The molecule has 0 aromatic heterocycles. The van der Waals surface area contributed by atoms with E-state index in [2.05, 4.69) is 16.6 Å². The van der Waals surface area contributed by atoms with Gasteiger partial charge < -0.3 is 19.5 Å². The summed E-state index contributed by atoms with van der Waals surface area (Å²) in [4.78, 5) is 24.1. The van der Waals surface area contributed by atoms with E-state index >= 15 is 0 Å². The second kappa shape index (κ2) is 11.2. The first-order valence-corrected chi connectivity index (χ1v) is 9.53. The summed E-state index contributed by atoms with van der Waals surface area (Å²) in [6, 6.07) is 11.6. The number of esters is 1. The number of ether oxygens (including phenoxy) is 3. The lowest BCUT2D eigenvalue weighted by atomic mass is 10.0. The summed E-state index contributed by atoms with van der Waals surface area (Å²) < 4.78 is 15.8. The molecule has 0 bridgehead atoms. The van der Waals surface area contributed by atoms with Gasteiger partial charge in [0, 0.05) is 11.3 Å². The normalized spacial score (nSPS) is 10.6. The van der Waals surface area contributed by atoms with Crippen LogP contribution in [0.25, 0.3) is 6.08 Å². The van der Waals surface area contributed by atoms with E-state index in [1.165, 1.54) is 25.3 Å². The maximum atomic E-state index is 12.6. The highest BCUT2D eigenvalue weighted by Crippen LogP contribution is 2.34. The van der Waals surface area contributed by atoms with Crippen LogP contribution in [0.15, 0.2) is 54.6 Å². The Labute approximate surface area is 181 Å². The first-order valence-electron chi connectivity index (χ1n) is 9.53. The lowest BCUT2D eigenvalue weighted by Gasteiger charge is -2.14. The van der Waals surface area contributed by atoms with Crippen LogP contribution in [0, 0.1) is 11.3 Å². The van der Waals surface area contributed by atoms with Crippen molar-refractivity contribution in [2.75, 3.05) is 26.1 Å². The Balaban J connectivity index is 2.33. The van der Waals surface area contributed by atoms with E-state index in [-0.39, 0.29) is 5.57 Å². The van der Waals surface area contributed by atoms with Crippen LogP contribution in [0.5, 0.6) is 11.5 Å². The van der Waals surface area contributed by atoms with Gasteiger partial charge in [-0.25, -0.2) is 4.79 Å². The Hall–Kier alpha value is -4.05. The van der Waals surface area contributed by atoms with Gasteiger partial charge in [-0.15, -0.1) is 6.58 Å². The highest BCUT2D eigenvalue weighted by molar-refractivity contribution is 6.09. The topological polar surface area (TPSA) is 97.7 Å². The minimum absolute atomic E-state index is 0.0887. The number of nitriles is 1. The first kappa shape index (κ1) is 23.2. The Kier molecular flexibility index (Phi) is 8.41. The van der Waals surface area contributed by atoms with Crippen molar-refractivity contribution >= 4 is 23.6 Å². The molecule has 0 radical (unpaired) electrons. The van der Waals surface area contributed by atoms with Crippen molar-refractivity contribution in [3.8, 4) is 17.6 Å². The predicted octanol–water partition coefficient (Wildman–Crippen LogP) is 4.15. The number of nitrogens with zero attached hydrogens (tertiary/aromatic N) is 1. The molecule has 1 N–H and O–H groups in total. The Morgan fingerprint density at radius 3 is 2.45 bits per heavy atom. The summed E-state index contributed by atoms with van der Waals surface area (Å²) in [5.41, 5.74) is 2.15. The standard InChI is InChI=1S/C24H24N2O5/c1-5-7-18-12-16(14-21(31-6-2)22(18)29-3)13-19(15-25)23(27)26-20-10-8-17(9-11-20)24(28)30-4/h5,8-14H,1,6-7H2,2-4H3,(H,26,27)/b19-13+. The van der Waals surface area contributed by atoms with Crippen molar-refractivity contribution in [1.29, 1.82) is 5.26 Å². The summed E-state index contributed by atoms with van der Waals surface area (Å²) in [5.74, 6) is 0.0574. The molecule has 0 heterocycles. The molecule has 0 aliphatic carbocycles. The molecule has 2 aromatic carbocycles. The van der Waals surface area contributed by atoms with Crippen molar-refractivity contribution < 1.29 is 23.8 Å². The SMILES string of the molecule is C=CCc1cc(/C=C(\C#N)C(=O)Nc2ccc(C(=O)OC)cc2)cc(OCC)c1OC. The third-order valence-electron chi connectivity index (χ3n) is 4.26. The highest BCUT2D eigenvalue weighted by Gasteiger charge is 2.15. The monoisotopic (exact) mass is 420 g/mol. The minimum atomic E-state index is -0.577. The van der Waals surface area contributed by atoms with E-state index in [4.69, 9.17) is 9.47 Å². The Bertz CT molecular complexity index is 1030. The summed E-state index contributed by atoms with van der Waals surface area (Å²) in [5, 5.41) is 12.2. The Morgan fingerprint density at radius 2 is 1.90 bits per heavy atom. The fourth-order valence-corrected chi connectivity index (χ4v) is 2.89. The number of rotatable bonds is 9. The number of hydrogen-bond acceptors (Lipinski definition) is 6. The van der Waals surface area contributed by atoms with E-state index < -0.39 is 11.9 Å². The summed E-state index contributed by atoms with van der Waals surface area (Å²) >= 11 is 0. The molecule has 2 aromatic rings. The van der Waals surface area contributed by atoms with Gasteiger partial charge in [0.25, 0.3) is 5.91 Å². The fraction of sp³-hybridized carbons (Fsp3) is 0.208. The van der Waals surface area contributed by atoms with E-state index in [1.807, 2.05) is 19.1 Å². The van der Waals surface area contributed by atoms with Crippen molar-refractivity contribution in [2.24, 2.45) is 0 Å². The van der Waals surface area contributed by atoms with E-state index in [0.717, 1.165) is 5.56 Å². The van der Waals surface area contributed by atoms with Crippen LogP contribution in [0.1, 0.15) is 28.4 Å². The number of anilines is 1. The van der Waals surface area contributed by atoms with Crippen LogP contribution >= 0.6 is 0 Å². The molecule has 0 fully saturated rings. The molecule has 1 amide bonds. The second-order valence-electron chi connectivity index (χ2n) is 6.33. The van der Waals surface area contributed by atoms with Crippen molar-refractivity contribution in [1.82, 2.24) is 0 Å². The number of carbonyl (C=O) groups is 2. The summed E-state index contributed by atoms with van der Waals surface area (Å²) in [7, 11) is 2.85. The van der Waals surface area contributed by atoms with Gasteiger partial charge in [0.2, 0.25) is 0 Å². The van der Waals surface area contributed by atoms with Gasteiger partial charge in [0.15, 0.2) is 11.5 Å². The lowest BCUT2D eigenvalue weighted by molar-refractivity contribution is -0.112. The van der Waals surface area contributed by atoms with Crippen LogP contribution < -0.4 is 14.8 Å². The predicted molar refractivity (Wildman–Crippen MR) is 118 cm³/mol. The molecule has 0 unspecified atom stereocenters. The molecule has 0 aliphatic rings. The van der Waals surface area contributed by atoms with Crippen LogP contribution in [0.2, 0.25) is 0 Å². The third-order valence-corrected chi connectivity index (χ3v) is 4.26. The average Bonchev–Trinajstić information content (AvgIpc) is 2.77. The average molecular weight is 420 g/mol. The van der Waals surface area contributed by atoms with Gasteiger partial charge in [-0.2, -0.15) is 5.26 Å². The quantitative estimate of drug-likeness (QED) is 0.283. The minimum Gasteiger partial charge on any atom is -0.493 e. The summed E-state index contributed by atoms with van der Waals surface area (Å²) in [6.07, 6.45) is 3.75. The molecule has 0 aliphatic heterocycles. The number of allylic oxidation sites excluding steroid dienone is 1. The first-order chi connectivity index (χ1) is 15.0. The largest absolute Gasteiger partial charge is 0.493 e. The van der Waals surface area contributed by atoms with Gasteiger partial charge in [-0.3, -0.25) is 4.79 Å². The molecular weight excluding hydrogens is 396 g/mol. The van der Waals surface area contributed by atoms with Gasteiger partial charge in [-0.05, 0) is 61.4 Å². The van der Waals surface area contributed by atoms with E-state index in [1.54, 1.807) is 31.4 Å². The third kappa shape index (κ3) is 5.97. The molecule has 0 saturated carbocycles. The van der Waals surface area contributed by atoms with E-state index in [9.17, 15) is 14.9 Å². The highest BCUT2D eigenvalue weighted by atomic mass is 16.5. The zero-order chi connectivity index (χ0) is 22.8. The number of carbonyl (C=O) groups excluding carboxylic acids is 2. The number of nitrogens with one attached hydrogen (secondary N) is 1. The van der Waals surface area contributed by atoms with Crippen LogP contribution in [-0.2, 0) is 16.0 Å². The molecular formula is C24H24N2O5. The van der Waals surface area contributed by atoms with Crippen molar-refractivity contribution in [3.63, 3.8) is 0 Å². The number of methoxy groups -OCH3 is 2. The zero-order valence-electron chi connectivity index (χ0n) is 17.7. The van der Waals surface area contributed by atoms with Crippen LogP contribution in [0.4, 0.5) is 5.69 Å². The molecule has 7 nitrogen and oxygen atoms in total. The Morgan fingerprint density at radius 1 is 1.19 bits per heavy atom. The van der Waals surface area contributed by atoms with Crippen molar-refractivity contribution in [3.05, 3.63) is 71.3 Å². The van der Waals surface area contributed by atoms with Crippen LogP contribution in [0.3, 0.4) is 0 Å². The smallest absolute Gasteiger partial charge is 0.337 e. The second-order valence-corrected chi connectivity index (χ2v) is 6.33. The number of benzene rings is 2. The zero-order valence-corrected chi connectivity index (χ0v) is 17.7. The van der Waals surface area contributed by atoms with E-state index in [0.29, 0.717) is 41.3 Å². The summed E-state index contributed by atoms with van der Waals surface area (Å²) in [6.45, 7) is 6.04. The van der Waals surface area contributed by atoms with Crippen LogP contribution in [-0.4, -0.2) is 32.7 Å². The molecule has 2 rings (SSSR count). The number of hydrogen-bond donors (Lipinski definition) is 1. The molecule has 160 valence electrons. The molecule has 7 heteroatoms. The molecule has 0 saturated heterocycles. The van der Waals surface area contributed by atoms with Gasteiger partial charge in [0.05, 0.1) is 26.4 Å². The maximum absolute atomic E-state index is 12.6. The molecule has 31 heavy (non-hydrogen) atoms. The molecule has 0 atom stereocenters. The van der Waals surface area contributed by atoms with Crippen molar-refractivity contribution in [2.45, 2.75) is 13.3 Å². The lowest BCUT2D eigenvalue weighted by Crippen LogP contribution is -2.13. The maximum Gasteiger partial charge on any atom is 0.337 e. The van der Waals surface area contributed by atoms with Gasteiger partial charge in [0.1, 0.15) is 11.6 Å². The molecule has 0 spiro atoms. The van der Waals surface area contributed by atoms with Gasteiger partial charge in [-0.1, -0.05) is 6.08 Å². The fourth-order valence-electron chi connectivity index (χ4n) is 2.89. The number of amides is 1.